The number of carbonyl (C=O) groups excluding carboxylic acids is 1. The minimum Gasteiger partial charge on any atom is -0.378 e. The molecule has 0 aliphatic carbocycles. The third-order valence-electron chi connectivity index (χ3n) is 3.95. The topological polar surface area (TPSA) is 102 Å². The monoisotopic (exact) mass is 316 g/mol. The molecule has 4 rings (SSSR count). The van der Waals surface area contributed by atoms with Gasteiger partial charge in [0.15, 0.2) is 0 Å². The van der Waals surface area contributed by atoms with Crippen molar-refractivity contribution >= 4 is 11.9 Å². The molecule has 2 aromatic rings. The van der Waals surface area contributed by atoms with Crippen molar-refractivity contribution in [2.75, 3.05) is 31.2 Å². The first-order valence-corrected chi connectivity index (χ1v) is 7.45. The quantitative estimate of drug-likeness (QED) is 0.699. The maximum Gasteiger partial charge on any atom is 0.266 e. The molecule has 23 heavy (non-hydrogen) atoms. The Morgan fingerprint density at radius 2 is 2.13 bits per heavy atom. The second kappa shape index (κ2) is 5.88. The first-order valence-electron chi connectivity index (χ1n) is 7.45. The normalized spacial score (nSPS) is 17.4. The van der Waals surface area contributed by atoms with Crippen LogP contribution in [0.5, 0.6) is 0 Å². The molecule has 1 amide bonds. The first kappa shape index (κ1) is 14.0. The minimum atomic E-state index is -0.0612. The zero-order chi connectivity index (χ0) is 15.6. The van der Waals surface area contributed by atoms with Gasteiger partial charge in [0.1, 0.15) is 12.9 Å². The smallest absolute Gasteiger partial charge is 0.266 e. The highest BCUT2D eigenvalue weighted by Crippen LogP contribution is 2.19. The summed E-state index contributed by atoms with van der Waals surface area (Å²) in [5, 5.41) is 12.3. The zero-order valence-corrected chi connectivity index (χ0v) is 12.5. The van der Waals surface area contributed by atoms with E-state index in [0.717, 1.165) is 24.3 Å². The van der Waals surface area contributed by atoms with Crippen molar-refractivity contribution in [2.24, 2.45) is 0 Å². The highest BCUT2D eigenvalue weighted by molar-refractivity contribution is 5.76. The van der Waals surface area contributed by atoms with Crippen LogP contribution in [0.2, 0.25) is 0 Å². The Balaban J connectivity index is 1.39. The summed E-state index contributed by atoms with van der Waals surface area (Å²) in [6, 6.07) is 0. The molecule has 10 heteroatoms. The summed E-state index contributed by atoms with van der Waals surface area (Å²) in [7, 11) is 0. The van der Waals surface area contributed by atoms with Gasteiger partial charge < -0.3 is 14.5 Å². The maximum atomic E-state index is 12.4. The number of rotatable bonds is 3. The van der Waals surface area contributed by atoms with Crippen molar-refractivity contribution in [2.45, 2.75) is 19.6 Å². The van der Waals surface area contributed by atoms with Crippen LogP contribution in [0.1, 0.15) is 11.3 Å². The number of amides is 1. The molecule has 0 bridgehead atoms. The third kappa shape index (κ3) is 2.84. The number of ether oxygens (including phenoxy) is 1. The zero-order valence-electron chi connectivity index (χ0n) is 12.5. The van der Waals surface area contributed by atoms with Gasteiger partial charge in [0.05, 0.1) is 25.5 Å². The largest absolute Gasteiger partial charge is 0.378 e. The maximum absolute atomic E-state index is 12.4. The molecule has 2 aliphatic rings. The molecule has 4 heterocycles. The van der Waals surface area contributed by atoms with E-state index >= 15 is 0 Å². The van der Waals surface area contributed by atoms with Gasteiger partial charge in [-0.3, -0.25) is 4.79 Å². The molecule has 0 unspecified atom stereocenters. The number of aromatic nitrogens is 6. The van der Waals surface area contributed by atoms with Crippen LogP contribution in [0.25, 0.3) is 0 Å². The van der Waals surface area contributed by atoms with Crippen LogP contribution in [-0.4, -0.2) is 67.3 Å². The third-order valence-corrected chi connectivity index (χ3v) is 3.95. The summed E-state index contributed by atoms with van der Waals surface area (Å²) in [5.41, 5.74) is 1.88. The summed E-state index contributed by atoms with van der Waals surface area (Å²) >= 11 is 0. The predicted octanol–water partition coefficient (Wildman–Crippen LogP) is -1.16. The Morgan fingerprint density at radius 1 is 1.26 bits per heavy atom. The van der Waals surface area contributed by atoms with E-state index in [4.69, 9.17) is 4.74 Å². The molecule has 10 nitrogen and oxygen atoms in total. The van der Waals surface area contributed by atoms with Gasteiger partial charge in [-0.1, -0.05) is 5.10 Å². The minimum absolute atomic E-state index is 0.0612. The van der Waals surface area contributed by atoms with Crippen molar-refractivity contribution in [3.63, 3.8) is 0 Å². The number of anilines is 1. The van der Waals surface area contributed by atoms with Gasteiger partial charge in [0.25, 0.3) is 5.95 Å². The van der Waals surface area contributed by atoms with E-state index in [1.165, 1.54) is 11.1 Å². The molecule has 0 N–H and O–H groups in total. The number of morpholine rings is 1. The Morgan fingerprint density at radius 3 is 2.96 bits per heavy atom. The number of fused-ring (bicyclic) bond motifs is 1. The molecule has 0 atom stereocenters. The lowest BCUT2D eigenvalue weighted by molar-refractivity contribution is -0.132. The second-order valence-electron chi connectivity index (χ2n) is 5.46. The number of carbonyl (C=O) groups is 1. The Bertz CT molecular complexity index is 687. The fourth-order valence-corrected chi connectivity index (χ4v) is 2.69. The van der Waals surface area contributed by atoms with Crippen molar-refractivity contribution in [1.29, 1.82) is 0 Å². The van der Waals surface area contributed by atoms with Crippen LogP contribution in [0.15, 0.2) is 12.5 Å². The SMILES string of the molecule is O=C(Cn1nnc(N2CCOCC2)n1)N1Cc2cncnc2C1. The van der Waals surface area contributed by atoms with E-state index in [-0.39, 0.29) is 12.5 Å². The Labute approximate surface area is 132 Å². The van der Waals surface area contributed by atoms with Crippen molar-refractivity contribution in [3.05, 3.63) is 23.8 Å². The van der Waals surface area contributed by atoms with Crippen molar-refractivity contribution in [3.8, 4) is 0 Å². The average Bonchev–Trinajstić information content (AvgIpc) is 3.22. The van der Waals surface area contributed by atoms with Crippen LogP contribution in [-0.2, 0) is 29.2 Å². The molecule has 2 aliphatic heterocycles. The van der Waals surface area contributed by atoms with E-state index in [9.17, 15) is 4.79 Å². The molecule has 0 aromatic carbocycles. The molecule has 0 saturated carbocycles. The molecular weight excluding hydrogens is 300 g/mol. The highest BCUT2D eigenvalue weighted by Gasteiger charge is 2.25. The summed E-state index contributed by atoms with van der Waals surface area (Å²) in [6.07, 6.45) is 3.25. The summed E-state index contributed by atoms with van der Waals surface area (Å²) in [4.78, 5) is 25.6. The van der Waals surface area contributed by atoms with Gasteiger partial charge >= 0.3 is 0 Å². The van der Waals surface area contributed by atoms with E-state index in [1.807, 2.05) is 4.90 Å². The lowest BCUT2D eigenvalue weighted by Gasteiger charge is -2.24. The van der Waals surface area contributed by atoms with Gasteiger partial charge in [0.2, 0.25) is 5.91 Å². The van der Waals surface area contributed by atoms with E-state index in [2.05, 4.69) is 25.4 Å². The molecule has 2 aromatic heterocycles. The number of tetrazole rings is 1. The standard InChI is InChI=1S/C13H16N8O2/c22-12(20-6-10-5-14-9-15-11(10)7-20)8-21-17-13(16-18-21)19-1-3-23-4-2-19/h5,9H,1-4,6-8H2. The lowest BCUT2D eigenvalue weighted by Crippen LogP contribution is -2.37. The summed E-state index contributed by atoms with van der Waals surface area (Å²) < 4.78 is 5.29. The summed E-state index contributed by atoms with van der Waals surface area (Å²) in [6.45, 7) is 3.88. The van der Waals surface area contributed by atoms with Crippen molar-refractivity contribution in [1.82, 2.24) is 35.1 Å². The molecular formula is C13H16N8O2. The molecule has 120 valence electrons. The highest BCUT2D eigenvalue weighted by atomic mass is 16.5. The number of hydrogen-bond donors (Lipinski definition) is 0. The number of hydrogen-bond acceptors (Lipinski definition) is 8. The van der Waals surface area contributed by atoms with Crippen LogP contribution in [0, 0.1) is 0 Å². The fourth-order valence-electron chi connectivity index (χ4n) is 2.69. The van der Waals surface area contributed by atoms with Gasteiger partial charge in [-0.25, -0.2) is 9.97 Å². The van der Waals surface area contributed by atoms with Gasteiger partial charge in [-0.15, -0.1) is 5.10 Å². The first-order chi connectivity index (χ1) is 11.3. The van der Waals surface area contributed by atoms with E-state index in [0.29, 0.717) is 32.3 Å². The Hall–Kier alpha value is -2.62. The van der Waals surface area contributed by atoms with Gasteiger partial charge in [-0.05, 0) is 5.21 Å². The van der Waals surface area contributed by atoms with E-state index in [1.54, 1.807) is 11.1 Å². The fraction of sp³-hybridized carbons (Fsp3) is 0.538. The lowest BCUT2D eigenvalue weighted by atomic mass is 10.3. The van der Waals surface area contributed by atoms with Crippen LogP contribution in [0.3, 0.4) is 0 Å². The summed E-state index contributed by atoms with van der Waals surface area (Å²) in [5.74, 6) is 0.477. The van der Waals surface area contributed by atoms with Crippen LogP contribution < -0.4 is 4.90 Å². The molecule has 0 radical (unpaired) electrons. The van der Waals surface area contributed by atoms with Crippen LogP contribution >= 0.6 is 0 Å². The van der Waals surface area contributed by atoms with E-state index < -0.39 is 0 Å². The molecule has 1 fully saturated rings. The van der Waals surface area contributed by atoms with Gasteiger partial charge in [-0.2, -0.15) is 4.80 Å². The van der Waals surface area contributed by atoms with Crippen molar-refractivity contribution < 1.29 is 9.53 Å². The predicted molar refractivity (Wildman–Crippen MR) is 77.1 cm³/mol. The molecule has 0 spiro atoms. The molecule has 1 saturated heterocycles. The number of nitrogens with zero attached hydrogens (tertiary/aromatic N) is 8. The van der Waals surface area contributed by atoms with Crippen LogP contribution in [0.4, 0.5) is 5.95 Å². The Kier molecular flexibility index (Phi) is 3.58. The second-order valence-corrected chi connectivity index (χ2v) is 5.46. The van der Waals surface area contributed by atoms with Gasteiger partial charge in [0, 0.05) is 31.4 Å². The average molecular weight is 316 g/mol.